The number of anilines is 1. The molecule has 1 N–H and O–H groups in total. The van der Waals surface area contributed by atoms with Gasteiger partial charge in [0.25, 0.3) is 5.91 Å². The molecule has 3 atom stereocenters. The Hall–Kier alpha value is -3.14. The van der Waals surface area contributed by atoms with Gasteiger partial charge in [-0.1, -0.05) is 6.07 Å². The predicted octanol–water partition coefficient (Wildman–Crippen LogP) is 1.79. The van der Waals surface area contributed by atoms with Crippen LogP contribution in [0.25, 0.3) is 0 Å². The Morgan fingerprint density at radius 1 is 1.12 bits per heavy atom. The molecule has 0 bridgehead atoms. The third-order valence-corrected chi connectivity index (χ3v) is 6.61. The van der Waals surface area contributed by atoms with Gasteiger partial charge in [-0.2, -0.15) is 0 Å². The number of fused-ring (bicyclic) bond motifs is 3. The Bertz CT molecular complexity index is 1050. The summed E-state index contributed by atoms with van der Waals surface area (Å²) in [5.74, 6) is -1.02. The lowest BCUT2D eigenvalue weighted by molar-refractivity contribution is -0.137. The highest BCUT2D eigenvalue weighted by molar-refractivity contribution is 6.05. The standard InChI is InChI=1S/C24H30N4O6/c1-24(2,3)34-23(32)27-11-5-10-26(12-13-27)15-7-4-6-14-18(15)19-22(33-19)28(21(14)31)16-8-9-17(29)25-20(16)30/h4,6-7,16,19,22H,5,8-13H2,1-3H3,(H,25,29,30). The molecule has 34 heavy (non-hydrogen) atoms. The van der Waals surface area contributed by atoms with Crippen LogP contribution in [0.5, 0.6) is 0 Å². The maximum absolute atomic E-state index is 13.5. The highest BCUT2D eigenvalue weighted by Gasteiger charge is 2.57. The van der Waals surface area contributed by atoms with Crippen LogP contribution >= 0.6 is 0 Å². The fourth-order valence-electron chi connectivity index (χ4n) is 5.03. The summed E-state index contributed by atoms with van der Waals surface area (Å²) in [7, 11) is 0. The lowest BCUT2D eigenvalue weighted by Crippen LogP contribution is -2.56. The van der Waals surface area contributed by atoms with E-state index in [1.54, 1.807) is 11.0 Å². The number of piperidine rings is 1. The zero-order chi connectivity index (χ0) is 24.2. The molecule has 10 heteroatoms. The van der Waals surface area contributed by atoms with Crippen LogP contribution in [0.15, 0.2) is 18.2 Å². The molecule has 0 aromatic heterocycles. The van der Waals surface area contributed by atoms with Crippen LogP contribution < -0.4 is 10.2 Å². The van der Waals surface area contributed by atoms with E-state index in [1.807, 2.05) is 32.9 Å². The maximum atomic E-state index is 13.5. The van der Waals surface area contributed by atoms with Crippen molar-refractivity contribution in [2.24, 2.45) is 0 Å². The number of imide groups is 1. The van der Waals surface area contributed by atoms with Gasteiger partial charge in [0.1, 0.15) is 17.7 Å². The van der Waals surface area contributed by atoms with Crippen LogP contribution in [-0.2, 0) is 19.1 Å². The summed E-state index contributed by atoms with van der Waals surface area (Å²) in [5.41, 5.74) is 1.74. The molecular formula is C24H30N4O6. The van der Waals surface area contributed by atoms with Gasteiger partial charge in [-0.15, -0.1) is 0 Å². The van der Waals surface area contributed by atoms with E-state index in [-0.39, 0.29) is 30.4 Å². The summed E-state index contributed by atoms with van der Waals surface area (Å²) in [4.78, 5) is 55.4. The zero-order valence-electron chi connectivity index (χ0n) is 19.7. The third-order valence-electron chi connectivity index (χ3n) is 6.61. The minimum absolute atomic E-state index is 0.201. The summed E-state index contributed by atoms with van der Waals surface area (Å²) in [5, 5.41) is 2.33. The van der Waals surface area contributed by atoms with Crippen molar-refractivity contribution in [2.75, 3.05) is 31.1 Å². The highest BCUT2D eigenvalue weighted by Crippen LogP contribution is 2.51. The largest absolute Gasteiger partial charge is 0.444 e. The molecule has 4 aliphatic heterocycles. The molecule has 0 radical (unpaired) electrons. The van der Waals surface area contributed by atoms with Gasteiger partial charge in [0.05, 0.1) is 0 Å². The van der Waals surface area contributed by atoms with Crippen LogP contribution in [0, 0.1) is 0 Å². The van der Waals surface area contributed by atoms with Crippen LogP contribution in [0.4, 0.5) is 10.5 Å². The van der Waals surface area contributed by atoms with E-state index in [0.717, 1.165) is 24.2 Å². The normalized spacial score (nSPS) is 27.0. The van der Waals surface area contributed by atoms with Crippen LogP contribution in [0.1, 0.15) is 62.1 Å². The van der Waals surface area contributed by atoms with E-state index in [2.05, 4.69) is 10.2 Å². The number of nitrogens with one attached hydrogen (secondary N) is 1. The minimum Gasteiger partial charge on any atom is -0.444 e. The molecule has 5 rings (SSSR count). The molecule has 1 aromatic carbocycles. The Morgan fingerprint density at radius 3 is 2.65 bits per heavy atom. The number of carbonyl (C=O) groups is 4. The van der Waals surface area contributed by atoms with E-state index in [1.165, 1.54) is 4.90 Å². The fraction of sp³-hybridized carbons (Fsp3) is 0.583. The second-order valence-corrected chi connectivity index (χ2v) is 10.2. The first kappa shape index (κ1) is 22.6. The van der Waals surface area contributed by atoms with Crippen molar-refractivity contribution < 1.29 is 28.7 Å². The van der Waals surface area contributed by atoms with Crippen molar-refractivity contribution in [1.29, 1.82) is 0 Å². The van der Waals surface area contributed by atoms with Gasteiger partial charge in [-0.05, 0) is 45.7 Å². The molecule has 3 fully saturated rings. The smallest absolute Gasteiger partial charge is 0.410 e. The number of amides is 4. The number of nitrogens with zero attached hydrogens (tertiary/aromatic N) is 3. The topological polar surface area (TPSA) is 112 Å². The second-order valence-electron chi connectivity index (χ2n) is 10.2. The number of hydrogen-bond acceptors (Lipinski definition) is 7. The van der Waals surface area contributed by atoms with Gasteiger partial charge >= 0.3 is 6.09 Å². The molecule has 4 heterocycles. The maximum Gasteiger partial charge on any atom is 0.410 e. The lowest BCUT2D eigenvalue weighted by Gasteiger charge is -2.35. The molecule has 10 nitrogen and oxygen atoms in total. The number of hydrogen-bond donors (Lipinski definition) is 1. The minimum atomic E-state index is -0.711. The molecule has 182 valence electrons. The van der Waals surface area contributed by atoms with Gasteiger partial charge in [0, 0.05) is 49.4 Å². The van der Waals surface area contributed by atoms with E-state index in [0.29, 0.717) is 31.6 Å². The number of carbonyl (C=O) groups excluding carboxylic acids is 4. The van der Waals surface area contributed by atoms with E-state index in [9.17, 15) is 19.2 Å². The lowest BCUT2D eigenvalue weighted by atomic mass is 9.93. The van der Waals surface area contributed by atoms with E-state index in [4.69, 9.17) is 9.47 Å². The van der Waals surface area contributed by atoms with Crippen LogP contribution in [0.3, 0.4) is 0 Å². The molecule has 0 saturated carbocycles. The zero-order valence-corrected chi connectivity index (χ0v) is 19.7. The number of epoxide rings is 1. The van der Waals surface area contributed by atoms with Crippen LogP contribution in [-0.4, -0.2) is 77.7 Å². The summed E-state index contributed by atoms with van der Waals surface area (Å²) in [6.07, 6.45) is 0.144. The van der Waals surface area contributed by atoms with Gasteiger partial charge in [-0.25, -0.2) is 4.79 Å². The number of benzene rings is 1. The second kappa shape index (κ2) is 8.26. The van der Waals surface area contributed by atoms with Crippen molar-refractivity contribution in [3.8, 4) is 0 Å². The molecule has 0 aliphatic carbocycles. The van der Waals surface area contributed by atoms with Crippen molar-refractivity contribution >= 4 is 29.5 Å². The molecule has 0 spiro atoms. The Balaban J connectivity index is 1.36. The van der Waals surface area contributed by atoms with Crippen molar-refractivity contribution in [3.05, 3.63) is 29.3 Å². The van der Waals surface area contributed by atoms with Crippen molar-refractivity contribution in [3.63, 3.8) is 0 Å². The first-order valence-corrected chi connectivity index (χ1v) is 11.8. The SMILES string of the molecule is CC(C)(C)OC(=O)N1CCCN(c2cccc3c2C2OC2N(C2CCC(=O)NC2=O)C3=O)CC1. The summed E-state index contributed by atoms with van der Waals surface area (Å²) < 4.78 is 11.5. The molecule has 1 aromatic rings. The van der Waals surface area contributed by atoms with Gasteiger partial charge in [0.15, 0.2) is 6.23 Å². The number of ether oxygens (including phenoxy) is 2. The average molecular weight is 471 g/mol. The predicted molar refractivity (Wildman–Crippen MR) is 121 cm³/mol. The molecule has 3 unspecified atom stereocenters. The van der Waals surface area contributed by atoms with Crippen molar-refractivity contribution in [1.82, 2.24) is 15.1 Å². The summed E-state index contributed by atoms with van der Waals surface area (Å²) >= 11 is 0. The van der Waals surface area contributed by atoms with Gasteiger partial charge < -0.3 is 19.3 Å². The van der Waals surface area contributed by atoms with E-state index < -0.39 is 23.8 Å². The Morgan fingerprint density at radius 2 is 1.91 bits per heavy atom. The monoisotopic (exact) mass is 470 g/mol. The first-order chi connectivity index (χ1) is 16.1. The van der Waals surface area contributed by atoms with Gasteiger partial charge in [0.2, 0.25) is 11.8 Å². The molecule has 4 aliphatic rings. The Kier molecular flexibility index (Phi) is 5.50. The first-order valence-electron chi connectivity index (χ1n) is 11.8. The van der Waals surface area contributed by atoms with E-state index >= 15 is 0 Å². The summed E-state index contributed by atoms with van der Waals surface area (Å²) in [6.45, 7) is 8.02. The van der Waals surface area contributed by atoms with Crippen molar-refractivity contribution in [2.45, 2.75) is 64.0 Å². The number of rotatable bonds is 2. The Labute approximate surface area is 198 Å². The molecule has 4 amide bonds. The molecular weight excluding hydrogens is 440 g/mol. The quantitative estimate of drug-likeness (QED) is 0.518. The van der Waals surface area contributed by atoms with Crippen LogP contribution in [0.2, 0.25) is 0 Å². The fourth-order valence-corrected chi connectivity index (χ4v) is 5.03. The molecule has 3 saturated heterocycles. The third kappa shape index (κ3) is 4.11. The highest BCUT2D eigenvalue weighted by atomic mass is 16.6. The average Bonchev–Trinajstić information content (AvgIpc) is 3.57. The summed E-state index contributed by atoms with van der Waals surface area (Å²) in [6, 6.07) is 4.88. The van der Waals surface area contributed by atoms with Gasteiger partial charge in [-0.3, -0.25) is 24.6 Å².